The summed E-state index contributed by atoms with van der Waals surface area (Å²) in [4.78, 5) is 23.6. The summed E-state index contributed by atoms with van der Waals surface area (Å²) >= 11 is 7.58. The number of ether oxygens (including phenoxy) is 2. The minimum absolute atomic E-state index is 0.141. The number of benzene rings is 2. The van der Waals surface area contributed by atoms with Gasteiger partial charge in [-0.05, 0) is 47.9 Å². The molecule has 1 heterocycles. The molecule has 3 N–H and O–H groups in total. The van der Waals surface area contributed by atoms with Crippen molar-refractivity contribution < 1.29 is 24.2 Å². The molecule has 0 bridgehead atoms. The minimum Gasteiger partial charge on any atom is -0.493 e. The number of carboxylic acid groups (broad SMARTS) is 1. The highest BCUT2D eigenvalue weighted by Crippen LogP contribution is 2.38. The summed E-state index contributed by atoms with van der Waals surface area (Å²) in [5.74, 6) is -0.905. The van der Waals surface area contributed by atoms with Gasteiger partial charge in [0, 0.05) is 5.69 Å². The van der Waals surface area contributed by atoms with Crippen LogP contribution >= 0.6 is 23.4 Å². The Morgan fingerprint density at radius 3 is 2.70 bits per heavy atom. The standard InChI is InChI=1S/C21H21ClN2O5S/c1-3-12-4-6-14(7-5-12)23-21-24-20(27)17(30-21)10-13-8-15(22)19(16(9-13)28-2)29-11-18(25)26/h4-10,21,23H,3,11H2,1-2H3,(H,24,27)(H,25,26)/b17-10-/t21-/m0/s1. The first-order chi connectivity index (χ1) is 14.4. The van der Waals surface area contributed by atoms with Crippen LogP contribution in [0.2, 0.25) is 5.02 Å². The smallest absolute Gasteiger partial charge is 0.341 e. The van der Waals surface area contributed by atoms with Crippen molar-refractivity contribution in [3.05, 3.63) is 57.5 Å². The molecule has 3 rings (SSSR count). The van der Waals surface area contributed by atoms with Gasteiger partial charge in [-0.15, -0.1) is 0 Å². The van der Waals surface area contributed by atoms with Gasteiger partial charge in [0.05, 0.1) is 17.0 Å². The van der Waals surface area contributed by atoms with Crippen LogP contribution in [0.1, 0.15) is 18.1 Å². The van der Waals surface area contributed by atoms with E-state index in [1.807, 2.05) is 24.3 Å². The number of nitrogens with one attached hydrogen (secondary N) is 2. The van der Waals surface area contributed by atoms with Gasteiger partial charge in [-0.2, -0.15) is 0 Å². The molecule has 0 radical (unpaired) electrons. The largest absolute Gasteiger partial charge is 0.493 e. The highest BCUT2D eigenvalue weighted by atomic mass is 35.5. The van der Waals surface area contributed by atoms with Crippen LogP contribution in [0.25, 0.3) is 6.08 Å². The van der Waals surface area contributed by atoms with E-state index in [9.17, 15) is 9.59 Å². The van der Waals surface area contributed by atoms with E-state index in [4.69, 9.17) is 26.2 Å². The number of amides is 1. The summed E-state index contributed by atoms with van der Waals surface area (Å²) in [6, 6.07) is 11.3. The first kappa shape index (κ1) is 21.9. The van der Waals surface area contributed by atoms with E-state index in [1.165, 1.54) is 24.4 Å². The van der Waals surface area contributed by atoms with Gasteiger partial charge >= 0.3 is 5.97 Å². The Bertz CT molecular complexity index is 978. The van der Waals surface area contributed by atoms with Gasteiger partial charge in [0.1, 0.15) is 0 Å². The Balaban J connectivity index is 1.74. The number of aliphatic carboxylic acids is 1. The van der Waals surface area contributed by atoms with E-state index in [2.05, 4.69) is 17.6 Å². The van der Waals surface area contributed by atoms with E-state index >= 15 is 0 Å². The normalized spacial score (nSPS) is 17.0. The summed E-state index contributed by atoms with van der Waals surface area (Å²) in [7, 11) is 1.43. The van der Waals surface area contributed by atoms with Gasteiger partial charge < -0.3 is 25.2 Å². The number of methoxy groups -OCH3 is 1. The SMILES string of the molecule is CCc1ccc(N[C@H]2NC(=O)/C(=C/c3cc(Cl)c(OCC(=O)O)c(OC)c3)S2)cc1. The van der Waals surface area contributed by atoms with Crippen LogP contribution in [0.3, 0.4) is 0 Å². The maximum Gasteiger partial charge on any atom is 0.341 e. The molecule has 1 atom stereocenters. The summed E-state index contributed by atoms with van der Waals surface area (Å²) in [6.07, 6.45) is 2.66. The lowest BCUT2D eigenvalue weighted by atomic mass is 10.1. The lowest BCUT2D eigenvalue weighted by Gasteiger charge is -2.13. The van der Waals surface area contributed by atoms with E-state index in [0.717, 1.165) is 12.1 Å². The van der Waals surface area contributed by atoms with Crippen molar-refractivity contribution in [2.24, 2.45) is 0 Å². The molecule has 0 unspecified atom stereocenters. The first-order valence-electron chi connectivity index (χ1n) is 9.16. The molecule has 9 heteroatoms. The van der Waals surface area contributed by atoms with Crippen molar-refractivity contribution in [2.75, 3.05) is 19.0 Å². The van der Waals surface area contributed by atoms with E-state index in [0.29, 0.717) is 10.5 Å². The fourth-order valence-electron chi connectivity index (χ4n) is 2.80. The maximum atomic E-state index is 12.4. The third kappa shape index (κ3) is 5.40. The van der Waals surface area contributed by atoms with Gasteiger partial charge in [0.25, 0.3) is 5.91 Å². The number of hydrogen-bond donors (Lipinski definition) is 3. The van der Waals surface area contributed by atoms with Crippen molar-refractivity contribution in [1.29, 1.82) is 0 Å². The zero-order valence-corrected chi connectivity index (χ0v) is 18.0. The minimum atomic E-state index is -1.12. The highest BCUT2D eigenvalue weighted by molar-refractivity contribution is 8.05. The lowest BCUT2D eigenvalue weighted by Crippen LogP contribution is -2.30. The second-order valence-electron chi connectivity index (χ2n) is 6.39. The molecule has 2 aromatic rings. The first-order valence-corrected chi connectivity index (χ1v) is 10.4. The Labute approximate surface area is 183 Å². The molecule has 158 valence electrons. The Hall–Kier alpha value is -2.84. The molecule has 1 aliphatic heterocycles. The molecule has 1 aliphatic rings. The van der Waals surface area contributed by atoms with E-state index in [-0.39, 0.29) is 27.9 Å². The van der Waals surface area contributed by atoms with Crippen LogP contribution in [0.4, 0.5) is 5.69 Å². The Kier molecular flexibility index (Phi) is 7.12. The molecule has 0 aliphatic carbocycles. The molecule has 1 fully saturated rings. The molecule has 1 saturated heterocycles. The Morgan fingerprint density at radius 1 is 1.33 bits per heavy atom. The molecular formula is C21H21ClN2O5S. The van der Waals surface area contributed by atoms with E-state index < -0.39 is 12.6 Å². The topological polar surface area (TPSA) is 96.9 Å². The van der Waals surface area contributed by atoms with Crippen molar-refractivity contribution >= 4 is 47.0 Å². The quantitative estimate of drug-likeness (QED) is 0.525. The molecule has 0 aromatic heterocycles. The zero-order chi connectivity index (χ0) is 21.7. The number of rotatable bonds is 8. The van der Waals surface area contributed by atoms with Crippen LogP contribution in [0.5, 0.6) is 11.5 Å². The van der Waals surface area contributed by atoms with Crippen LogP contribution in [-0.4, -0.2) is 36.2 Å². The molecule has 30 heavy (non-hydrogen) atoms. The van der Waals surface area contributed by atoms with Crippen LogP contribution in [-0.2, 0) is 16.0 Å². The van der Waals surface area contributed by atoms with Gasteiger partial charge in [0.15, 0.2) is 23.6 Å². The molecule has 1 amide bonds. The molecule has 0 spiro atoms. The lowest BCUT2D eigenvalue weighted by molar-refractivity contribution is -0.139. The summed E-state index contributed by atoms with van der Waals surface area (Å²) < 4.78 is 10.5. The zero-order valence-electron chi connectivity index (χ0n) is 16.4. The predicted octanol–water partition coefficient (Wildman–Crippen LogP) is 3.97. The predicted molar refractivity (Wildman–Crippen MR) is 118 cm³/mol. The van der Waals surface area contributed by atoms with Crippen LogP contribution in [0.15, 0.2) is 41.3 Å². The molecule has 7 nitrogen and oxygen atoms in total. The fraction of sp³-hybridized carbons (Fsp3) is 0.238. The van der Waals surface area contributed by atoms with Crippen molar-refractivity contribution in [2.45, 2.75) is 18.8 Å². The number of hydrogen-bond acceptors (Lipinski definition) is 6. The molecular weight excluding hydrogens is 428 g/mol. The maximum absolute atomic E-state index is 12.4. The number of carboxylic acids is 1. The Morgan fingerprint density at radius 2 is 2.07 bits per heavy atom. The number of thioether (sulfide) groups is 1. The second-order valence-corrected chi connectivity index (χ2v) is 7.95. The molecule has 2 aromatic carbocycles. The number of anilines is 1. The van der Waals surface area contributed by atoms with Crippen LogP contribution < -0.4 is 20.1 Å². The highest BCUT2D eigenvalue weighted by Gasteiger charge is 2.27. The third-order valence-corrected chi connectivity index (χ3v) is 5.59. The average molecular weight is 449 g/mol. The monoisotopic (exact) mass is 448 g/mol. The van der Waals surface area contributed by atoms with Gasteiger partial charge in [-0.25, -0.2) is 4.79 Å². The van der Waals surface area contributed by atoms with Gasteiger partial charge in [-0.3, -0.25) is 4.79 Å². The second kappa shape index (κ2) is 9.77. The van der Waals surface area contributed by atoms with Crippen molar-refractivity contribution in [3.8, 4) is 11.5 Å². The fourth-order valence-corrected chi connectivity index (χ4v) is 4.06. The summed E-state index contributed by atoms with van der Waals surface area (Å²) in [6.45, 7) is 1.56. The number of halogens is 1. The average Bonchev–Trinajstić information content (AvgIpc) is 3.05. The van der Waals surface area contributed by atoms with Gasteiger partial charge in [-0.1, -0.05) is 42.4 Å². The number of carbonyl (C=O) groups is 2. The van der Waals surface area contributed by atoms with E-state index in [1.54, 1.807) is 18.2 Å². The third-order valence-electron chi connectivity index (χ3n) is 4.28. The summed E-state index contributed by atoms with van der Waals surface area (Å²) in [5.41, 5.74) is 2.48. The number of carbonyl (C=O) groups excluding carboxylic acids is 1. The van der Waals surface area contributed by atoms with Crippen LogP contribution in [0, 0.1) is 0 Å². The van der Waals surface area contributed by atoms with Gasteiger partial charge in [0.2, 0.25) is 0 Å². The molecule has 0 saturated carbocycles. The number of aryl methyl sites for hydroxylation is 1. The summed E-state index contributed by atoms with van der Waals surface area (Å²) in [5, 5.41) is 15.1. The van der Waals surface area contributed by atoms with Crippen molar-refractivity contribution in [3.63, 3.8) is 0 Å². The van der Waals surface area contributed by atoms with Crippen molar-refractivity contribution in [1.82, 2.24) is 5.32 Å².